The average molecular weight is 209 g/mol. The largest absolute Gasteiger partial charge is 0.369 e. The Morgan fingerprint density at radius 1 is 1.13 bits per heavy atom. The molecule has 0 unspecified atom stereocenters. The van der Waals surface area contributed by atoms with E-state index in [9.17, 15) is 4.79 Å². The normalized spacial score (nSPS) is 39.7. The molecule has 0 atom stereocenters. The summed E-state index contributed by atoms with van der Waals surface area (Å²) in [6.45, 7) is 4.61. The molecule has 86 valence electrons. The van der Waals surface area contributed by atoms with Gasteiger partial charge in [0, 0.05) is 5.41 Å². The Kier molecular flexibility index (Phi) is 2.56. The number of hydrogen-bond donors (Lipinski definition) is 1. The summed E-state index contributed by atoms with van der Waals surface area (Å²) in [5.41, 5.74) is 5.99. The Morgan fingerprint density at radius 2 is 1.60 bits per heavy atom. The van der Waals surface area contributed by atoms with Crippen molar-refractivity contribution in [2.75, 3.05) is 0 Å². The van der Waals surface area contributed by atoms with Crippen LogP contribution in [0.4, 0.5) is 0 Å². The van der Waals surface area contributed by atoms with Crippen LogP contribution in [0.1, 0.15) is 58.8 Å². The van der Waals surface area contributed by atoms with Crippen LogP contribution in [0.25, 0.3) is 0 Å². The molecule has 0 spiro atoms. The summed E-state index contributed by atoms with van der Waals surface area (Å²) in [5.74, 6) is 0.740. The van der Waals surface area contributed by atoms with Crippen LogP contribution in [0.15, 0.2) is 0 Å². The summed E-state index contributed by atoms with van der Waals surface area (Å²) >= 11 is 0. The lowest BCUT2D eigenvalue weighted by molar-refractivity contribution is -0.137. The van der Waals surface area contributed by atoms with Gasteiger partial charge in [-0.05, 0) is 56.3 Å². The van der Waals surface area contributed by atoms with Gasteiger partial charge in [-0.3, -0.25) is 4.79 Å². The maximum absolute atomic E-state index is 11.5. The van der Waals surface area contributed by atoms with Crippen molar-refractivity contribution in [3.05, 3.63) is 0 Å². The van der Waals surface area contributed by atoms with Crippen LogP contribution in [0.2, 0.25) is 0 Å². The molecular formula is C13H23NO. The molecule has 1 amide bonds. The van der Waals surface area contributed by atoms with Gasteiger partial charge in [0.05, 0.1) is 0 Å². The van der Waals surface area contributed by atoms with Crippen molar-refractivity contribution in [1.29, 1.82) is 0 Å². The van der Waals surface area contributed by atoms with Gasteiger partial charge in [0.2, 0.25) is 5.91 Å². The van der Waals surface area contributed by atoms with E-state index in [-0.39, 0.29) is 11.3 Å². The van der Waals surface area contributed by atoms with E-state index >= 15 is 0 Å². The van der Waals surface area contributed by atoms with E-state index in [0.717, 1.165) is 25.2 Å². The Hall–Kier alpha value is -0.530. The average Bonchev–Trinajstić information content (AvgIpc) is 2.18. The van der Waals surface area contributed by atoms with E-state index in [2.05, 4.69) is 13.8 Å². The minimum atomic E-state index is -0.112. The minimum absolute atomic E-state index is 0.0413. The highest BCUT2D eigenvalue weighted by atomic mass is 16.1. The van der Waals surface area contributed by atoms with Gasteiger partial charge in [-0.2, -0.15) is 0 Å². The molecule has 0 radical (unpaired) electrons. The van der Waals surface area contributed by atoms with Crippen molar-refractivity contribution >= 4 is 5.91 Å². The van der Waals surface area contributed by atoms with Crippen molar-refractivity contribution < 1.29 is 4.79 Å². The van der Waals surface area contributed by atoms with Gasteiger partial charge in [-0.25, -0.2) is 0 Å². The van der Waals surface area contributed by atoms with Crippen LogP contribution >= 0.6 is 0 Å². The lowest BCUT2D eigenvalue weighted by Gasteiger charge is -2.52. The lowest BCUT2D eigenvalue weighted by Crippen LogP contribution is -2.48. The van der Waals surface area contributed by atoms with Gasteiger partial charge in [0.15, 0.2) is 0 Å². The Labute approximate surface area is 92.6 Å². The zero-order valence-electron chi connectivity index (χ0n) is 10.0. The fourth-order valence-electron chi connectivity index (χ4n) is 3.81. The summed E-state index contributed by atoms with van der Waals surface area (Å²) in [6.07, 6.45) is 8.18. The van der Waals surface area contributed by atoms with Crippen LogP contribution in [-0.2, 0) is 4.79 Å². The number of hydrogen-bond acceptors (Lipinski definition) is 1. The van der Waals surface area contributed by atoms with E-state index in [1.807, 2.05) is 0 Å². The molecule has 3 aliphatic carbocycles. The quantitative estimate of drug-likeness (QED) is 0.763. The van der Waals surface area contributed by atoms with Gasteiger partial charge in [0.1, 0.15) is 0 Å². The monoisotopic (exact) mass is 209 g/mol. The molecule has 0 aliphatic heterocycles. The highest BCUT2D eigenvalue weighted by Gasteiger charge is 2.51. The van der Waals surface area contributed by atoms with Crippen LogP contribution in [0.5, 0.6) is 0 Å². The third kappa shape index (κ3) is 1.79. The van der Waals surface area contributed by atoms with Crippen LogP contribution < -0.4 is 5.73 Å². The summed E-state index contributed by atoms with van der Waals surface area (Å²) in [5, 5.41) is 0. The van der Waals surface area contributed by atoms with Crippen LogP contribution in [-0.4, -0.2) is 5.91 Å². The number of amides is 1. The molecule has 2 bridgehead atoms. The van der Waals surface area contributed by atoms with Gasteiger partial charge < -0.3 is 5.73 Å². The fourth-order valence-corrected chi connectivity index (χ4v) is 3.81. The van der Waals surface area contributed by atoms with Gasteiger partial charge in [-0.15, -0.1) is 0 Å². The summed E-state index contributed by atoms with van der Waals surface area (Å²) in [4.78, 5) is 11.5. The van der Waals surface area contributed by atoms with Crippen molar-refractivity contribution in [3.63, 3.8) is 0 Å². The number of primary amides is 1. The molecule has 0 aromatic heterocycles. The molecule has 2 nitrogen and oxygen atoms in total. The summed E-state index contributed by atoms with van der Waals surface area (Å²) in [6, 6.07) is 0. The Bertz CT molecular complexity index is 245. The molecule has 3 aliphatic rings. The highest BCUT2D eigenvalue weighted by molar-refractivity contribution is 5.81. The lowest BCUT2D eigenvalue weighted by atomic mass is 9.52. The zero-order chi connectivity index (χ0) is 11.1. The number of carbonyl (C=O) groups excluding carboxylic acids is 1. The van der Waals surface area contributed by atoms with Crippen molar-refractivity contribution in [1.82, 2.24) is 0 Å². The molecule has 0 heterocycles. The van der Waals surface area contributed by atoms with E-state index in [0.29, 0.717) is 5.41 Å². The van der Waals surface area contributed by atoms with Crippen molar-refractivity contribution in [2.45, 2.75) is 58.8 Å². The molecule has 2 heteroatoms. The zero-order valence-corrected chi connectivity index (χ0v) is 10.0. The van der Waals surface area contributed by atoms with Crippen molar-refractivity contribution in [2.24, 2.45) is 22.5 Å². The van der Waals surface area contributed by atoms with E-state index < -0.39 is 0 Å². The van der Waals surface area contributed by atoms with E-state index in [1.165, 1.54) is 25.7 Å². The third-order valence-electron chi connectivity index (χ3n) is 4.77. The SMILES string of the molecule is CC(C)CC12CCC(C(N)=O)(CC1)CC2. The molecule has 3 saturated carbocycles. The first-order valence-electron chi connectivity index (χ1n) is 6.28. The maximum Gasteiger partial charge on any atom is 0.223 e. The summed E-state index contributed by atoms with van der Waals surface area (Å²) < 4.78 is 0. The van der Waals surface area contributed by atoms with E-state index in [1.54, 1.807) is 0 Å². The molecule has 0 saturated heterocycles. The molecular weight excluding hydrogens is 186 g/mol. The smallest absolute Gasteiger partial charge is 0.223 e. The van der Waals surface area contributed by atoms with Crippen LogP contribution in [0.3, 0.4) is 0 Å². The molecule has 0 aromatic rings. The third-order valence-corrected chi connectivity index (χ3v) is 4.77. The number of rotatable bonds is 3. The number of nitrogens with two attached hydrogens (primary N) is 1. The standard InChI is InChI=1S/C13H23NO/c1-10(2)9-12-3-6-13(7-4-12,8-5-12)11(14)15/h10H,3-9H2,1-2H3,(H2,14,15). The first-order chi connectivity index (χ1) is 6.98. The minimum Gasteiger partial charge on any atom is -0.369 e. The van der Waals surface area contributed by atoms with Gasteiger partial charge in [0.25, 0.3) is 0 Å². The van der Waals surface area contributed by atoms with Gasteiger partial charge >= 0.3 is 0 Å². The second-order valence-corrected chi connectivity index (χ2v) is 6.24. The predicted octanol–water partition coefficient (Wildman–Crippen LogP) is 2.86. The second-order valence-electron chi connectivity index (χ2n) is 6.24. The maximum atomic E-state index is 11.5. The number of fused-ring (bicyclic) bond motifs is 3. The Balaban J connectivity index is 2.07. The molecule has 15 heavy (non-hydrogen) atoms. The molecule has 0 aromatic carbocycles. The topological polar surface area (TPSA) is 43.1 Å². The second kappa shape index (κ2) is 3.50. The molecule has 2 N–H and O–H groups in total. The molecule has 3 rings (SSSR count). The van der Waals surface area contributed by atoms with Gasteiger partial charge in [-0.1, -0.05) is 13.8 Å². The Morgan fingerprint density at radius 3 is 1.93 bits per heavy atom. The molecule has 3 fully saturated rings. The number of carbonyl (C=O) groups is 1. The summed E-state index contributed by atoms with van der Waals surface area (Å²) in [7, 11) is 0. The first kappa shape index (κ1) is 11.0. The predicted molar refractivity (Wildman–Crippen MR) is 61.2 cm³/mol. The highest BCUT2D eigenvalue weighted by Crippen LogP contribution is 2.58. The van der Waals surface area contributed by atoms with Crippen molar-refractivity contribution in [3.8, 4) is 0 Å². The van der Waals surface area contributed by atoms with Crippen LogP contribution in [0, 0.1) is 16.7 Å². The first-order valence-corrected chi connectivity index (χ1v) is 6.28. The van der Waals surface area contributed by atoms with E-state index in [4.69, 9.17) is 5.73 Å². The fraction of sp³-hybridized carbons (Fsp3) is 0.923.